The summed E-state index contributed by atoms with van der Waals surface area (Å²) in [4.78, 5) is 4.76. The lowest BCUT2D eigenvalue weighted by Crippen LogP contribution is -2.19. The van der Waals surface area contributed by atoms with Crippen molar-refractivity contribution in [2.75, 3.05) is 12.4 Å². The molecule has 2 heterocycles. The van der Waals surface area contributed by atoms with E-state index in [2.05, 4.69) is 20.7 Å². The number of allylic oxidation sites excluding steroid dienone is 1. The molecule has 0 radical (unpaired) electrons. The molecule has 31 heavy (non-hydrogen) atoms. The molecule has 0 saturated carbocycles. The van der Waals surface area contributed by atoms with Gasteiger partial charge in [0, 0.05) is 5.70 Å². The first-order valence-corrected chi connectivity index (χ1v) is 9.77. The number of fused-ring (bicyclic) bond motifs is 3. The number of hydrogen-bond acceptors (Lipinski definition) is 4. The van der Waals surface area contributed by atoms with Crippen LogP contribution in [0.5, 0.6) is 11.5 Å². The molecule has 0 spiro atoms. The molecule has 1 aromatic heterocycles. The highest BCUT2D eigenvalue weighted by Gasteiger charge is 2.25. The Morgan fingerprint density at radius 3 is 2.35 bits per heavy atom. The average molecular weight is 419 g/mol. The average Bonchev–Trinajstić information content (AvgIpc) is 3.17. The number of aromatic nitrogens is 2. The zero-order valence-corrected chi connectivity index (χ0v) is 16.6. The van der Waals surface area contributed by atoms with Crippen LogP contribution < -0.4 is 14.8 Å². The van der Waals surface area contributed by atoms with Crippen LogP contribution in [0, 0.1) is 0 Å². The van der Waals surface area contributed by atoms with Gasteiger partial charge in [-0.2, -0.15) is 8.78 Å². The fraction of sp³-hybridized carbons (Fsp3) is 0.125. The number of rotatable bonds is 5. The molecule has 5 nitrogen and oxygen atoms in total. The lowest BCUT2D eigenvalue weighted by atomic mass is 10.0. The summed E-state index contributed by atoms with van der Waals surface area (Å²) in [6.45, 7) is -2.85. The van der Waals surface area contributed by atoms with E-state index in [4.69, 9.17) is 9.72 Å². The Labute approximate surface area is 177 Å². The molecule has 7 heteroatoms. The lowest BCUT2D eigenvalue weighted by Gasteiger charge is -2.27. The molecule has 1 atom stereocenters. The molecule has 0 saturated heterocycles. The van der Waals surface area contributed by atoms with Crippen molar-refractivity contribution in [1.29, 1.82) is 0 Å². The zero-order valence-electron chi connectivity index (χ0n) is 16.6. The van der Waals surface area contributed by atoms with Crippen molar-refractivity contribution in [3.8, 4) is 11.5 Å². The molecule has 3 aromatic carbocycles. The number of imidazole rings is 1. The van der Waals surface area contributed by atoms with E-state index < -0.39 is 6.61 Å². The van der Waals surface area contributed by atoms with Gasteiger partial charge in [0.05, 0.1) is 24.2 Å². The zero-order chi connectivity index (χ0) is 21.4. The maximum Gasteiger partial charge on any atom is 0.387 e. The van der Waals surface area contributed by atoms with E-state index in [1.165, 1.54) is 12.1 Å². The Bertz CT molecular complexity index is 1250. The summed E-state index contributed by atoms with van der Waals surface area (Å²) < 4.78 is 36.8. The second-order valence-corrected chi connectivity index (χ2v) is 7.12. The van der Waals surface area contributed by atoms with Crippen LogP contribution in [-0.4, -0.2) is 23.3 Å². The first-order valence-electron chi connectivity index (χ1n) is 9.77. The van der Waals surface area contributed by atoms with Gasteiger partial charge in [-0.15, -0.1) is 0 Å². The molecular formula is C24H19F2N3O2. The molecule has 1 aliphatic rings. The second-order valence-electron chi connectivity index (χ2n) is 7.12. The Hall–Kier alpha value is -3.87. The van der Waals surface area contributed by atoms with E-state index in [1.54, 1.807) is 19.2 Å². The number of benzene rings is 3. The highest BCUT2D eigenvalue weighted by molar-refractivity contribution is 5.85. The van der Waals surface area contributed by atoms with E-state index in [0.29, 0.717) is 5.95 Å². The van der Waals surface area contributed by atoms with E-state index in [1.807, 2.05) is 48.5 Å². The Morgan fingerprint density at radius 2 is 1.65 bits per heavy atom. The van der Waals surface area contributed by atoms with Gasteiger partial charge in [-0.25, -0.2) is 4.98 Å². The number of anilines is 1. The van der Waals surface area contributed by atoms with Crippen LogP contribution in [0.3, 0.4) is 0 Å². The summed E-state index contributed by atoms with van der Waals surface area (Å²) in [6, 6.07) is 22.3. The minimum atomic E-state index is -2.85. The predicted octanol–water partition coefficient (Wildman–Crippen LogP) is 5.70. The molecule has 0 unspecified atom stereocenters. The van der Waals surface area contributed by atoms with Crippen molar-refractivity contribution in [1.82, 2.24) is 9.55 Å². The predicted molar refractivity (Wildman–Crippen MR) is 116 cm³/mol. The number of para-hydroxylation sites is 2. The molecule has 0 amide bonds. The minimum absolute atomic E-state index is 0.110. The highest BCUT2D eigenvalue weighted by atomic mass is 19.3. The van der Waals surface area contributed by atoms with Crippen LogP contribution in [0.1, 0.15) is 17.2 Å². The Kier molecular flexibility index (Phi) is 4.78. The molecule has 4 aromatic rings. The fourth-order valence-electron chi connectivity index (χ4n) is 3.84. The SMILES string of the molecule is COc1ccc([C@@H]2C=C(c3ccc(OC(F)F)cc3)Nc3nc4ccccc4n32)cc1. The Morgan fingerprint density at radius 1 is 0.935 bits per heavy atom. The monoisotopic (exact) mass is 419 g/mol. The number of halogens is 2. The van der Waals surface area contributed by atoms with Gasteiger partial charge in [0.2, 0.25) is 5.95 Å². The number of methoxy groups -OCH3 is 1. The molecule has 1 N–H and O–H groups in total. The number of ether oxygens (including phenoxy) is 2. The molecule has 0 bridgehead atoms. The third-order valence-electron chi connectivity index (χ3n) is 5.29. The molecule has 1 aliphatic heterocycles. The summed E-state index contributed by atoms with van der Waals surface area (Å²) >= 11 is 0. The fourth-order valence-corrected chi connectivity index (χ4v) is 3.84. The molecule has 5 rings (SSSR count). The quantitative estimate of drug-likeness (QED) is 0.451. The number of nitrogens with zero attached hydrogens (tertiary/aromatic N) is 2. The van der Waals surface area contributed by atoms with Gasteiger partial charge < -0.3 is 14.8 Å². The van der Waals surface area contributed by atoms with Gasteiger partial charge in [-0.05, 0) is 65.7 Å². The first-order chi connectivity index (χ1) is 15.1. The van der Waals surface area contributed by atoms with Gasteiger partial charge in [-0.1, -0.05) is 24.3 Å². The van der Waals surface area contributed by atoms with E-state index >= 15 is 0 Å². The van der Waals surface area contributed by atoms with Gasteiger partial charge in [-0.3, -0.25) is 4.57 Å². The second kappa shape index (κ2) is 7.75. The van der Waals surface area contributed by atoms with Crippen LogP contribution in [-0.2, 0) is 0 Å². The van der Waals surface area contributed by atoms with Crippen LogP contribution in [0.4, 0.5) is 14.7 Å². The van der Waals surface area contributed by atoms with Crippen molar-refractivity contribution in [2.24, 2.45) is 0 Å². The summed E-state index contributed by atoms with van der Waals surface area (Å²) in [6.07, 6.45) is 2.10. The smallest absolute Gasteiger partial charge is 0.387 e. The van der Waals surface area contributed by atoms with Crippen LogP contribution in [0.15, 0.2) is 78.9 Å². The summed E-state index contributed by atoms with van der Waals surface area (Å²) in [5.41, 5.74) is 4.66. The molecule has 156 valence electrons. The topological polar surface area (TPSA) is 48.3 Å². The Balaban J connectivity index is 1.59. The van der Waals surface area contributed by atoms with Gasteiger partial charge in [0.15, 0.2) is 0 Å². The third kappa shape index (κ3) is 3.59. The van der Waals surface area contributed by atoms with Crippen LogP contribution >= 0.6 is 0 Å². The van der Waals surface area contributed by atoms with Crippen molar-refractivity contribution >= 4 is 22.7 Å². The number of hydrogen-bond donors (Lipinski definition) is 1. The van der Waals surface area contributed by atoms with Gasteiger partial charge >= 0.3 is 6.61 Å². The van der Waals surface area contributed by atoms with Crippen molar-refractivity contribution in [3.05, 3.63) is 90.0 Å². The minimum Gasteiger partial charge on any atom is -0.497 e. The number of nitrogens with one attached hydrogen (secondary N) is 1. The molecular weight excluding hydrogens is 400 g/mol. The molecule has 0 fully saturated rings. The van der Waals surface area contributed by atoms with Gasteiger partial charge in [0.1, 0.15) is 11.5 Å². The normalized spacial score (nSPS) is 15.4. The highest BCUT2D eigenvalue weighted by Crippen LogP contribution is 2.37. The number of alkyl halides is 2. The van der Waals surface area contributed by atoms with Crippen molar-refractivity contribution in [3.63, 3.8) is 0 Å². The third-order valence-corrected chi connectivity index (χ3v) is 5.29. The van der Waals surface area contributed by atoms with E-state index in [-0.39, 0.29) is 11.8 Å². The molecule has 0 aliphatic carbocycles. The van der Waals surface area contributed by atoms with Crippen LogP contribution in [0.2, 0.25) is 0 Å². The largest absolute Gasteiger partial charge is 0.497 e. The standard InChI is InChI=1S/C24H19F2N3O2/c1-30-17-10-8-16(9-11-17)22-14-20(15-6-12-18(13-7-15)31-23(25)26)28-24-27-19-4-2-3-5-21(19)29(22)24/h2-14,22-23H,1H3,(H,27,28)/t22-/m0/s1. The summed E-state index contributed by atoms with van der Waals surface area (Å²) in [7, 11) is 1.64. The van der Waals surface area contributed by atoms with E-state index in [9.17, 15) is 8.78 Å². The lowest BCUT2D eigenvalue weighted by molar-refractivity contribution is -0.0498. The van der Waals surface area contributed by atoms with Crippen molar-refractivity contribution in [2.45, 2.75) is 12.7 Å². The van der Waals surface area contributed by atoms with E-state index in [0.717, 1.165) is 33.6 Å². The van der Waals surface area contributed by atoms with Crippen LogP contribution in [0.25, 0.3) is 16.7 Å². The van der Waals surface area contributed by atoms with Crippen molar-refractivity contribution < 1.29 is 18.3 Å². The first kappa shape index (κ1) is 19.1. The maximum absolute atomic E-state index is 12.5. The summed E-state index contributed by atoms with van der Waals surface area (Å²) in [5.74, 6) is 1.62. The summed E-state index contributed by atoms with van der Waals surface area (Å²) in [5, 5.41) is 3.38. The maximum atomic E-state index is 12.5. The van der Waals surface area contributed by atoms with Gasteiger partial charge in [0.25, 0.3) is 0 Å².